The summed E-state index contributed by atoms with van der Waals surface area (Å²) in [5.41, 5.74) is 2.04. The zero-order chi connectivity index (χ0) is 14.7. The minimum Gasteiger partial charge on any atom is -0.453 e. The summed E-state index contributed by atoms with van der Waals surface area (Å²) >= 11 is 0. The molecule has 0 aliphatic carbocycles. The average Bonchev–Trinajstić information content (AvgIpc) is 2.90. The van der Waals surface area contributed by atoms with Gasteiger partial charge in [0.15, 0.2) is 21.3 Å². The van der Waals surface area contributed by atoms with E-state index in [0.717, 1.165) is 33.7 Å². The Morgan fingerprint density at radius 1 is 0.762 bits per heavy atom. The van der Waals surface area contributed by atoms with E-state index in [4.69, 9.17) is 4.74 Å². The molecule has 5 heteroatoms. The Balaban J connectivity index is 0.000000160. The summed E-state index contributed by atoms with van der Waals surface area (Å²) in [4.78, 5) is 0. The average molecular weight is 299 g/mol. The SMILES string of the molecule is O=S1(=O)C=CC=C1.c1ccc2c(c1)Nc1ccccc1O2. The molecular formula is C16H13NO3S. The molecule has 0 saturated heterocycles. The predicted molar refractivity (Wildman–Crippen MR) is 83.4 cm³/mol. The molecule has 0 aromatic heterocycles. The highest BCUT2D eigenvalue weighted by Crippen LogP contribution is 2.40. The van der Waals surface area contributed by atoms with Crippen molar-refractivity contribution in [3.8, 4) is 11.5 Å². The third-order valence-corrected chi connectivity index (χ3v) is 3.98. The first-order valence-electron chi connectivity index (χ1n) is 6.37. The zero-order valence-electron chi connectivity index (χ0n) is 11.1. The Hall–Kier alpha value is -2.53. The van der Waals surface area contributed by atoms with E-state index >= 15 is 0 Å². The van der Waals surface area contributed by atoms with Crippen molar-refractivity contribution in [3.05, 3.63) is 71.5 Å². The van der Waals surface area contributed by atoms with Gasteiger partial charge in [-0.3, -0.25) is 0 Å². The number of fused-ring (bicyclic) bond motifs is 2. The molecular weight excluding hydrogens is 286 g/mol. The van der Waals surface area contributed by atoms with Crippen molar-refractivity contribution in [1.82, 2.24) is 0 Å². The van der Waals surface area contributed by atoms with Crippen molar-refractivity contribution in [3.63, 3.8) is 0 Å². The molecule has 0 saturated carbocycles. The Morgan fingerprint density at radius 3 is 1.67 bits per heavy atom. The van der Waals surface area contributed by atoms with Crippen molar-refractivity contribution in [2.45, 2.75) is 0 Å². The normalized spacial score (nSPS) is 15.8. The van der Waals surface area contributed by atoms with Gasteiger partial charge in [0.05, 0.1) is 11.4 Å². The molecule has 0 spiro atoms. The van der Waals surface area contributed by atoms with E-state index in [1.807, 2.05) is 48.5 Å². The maximum Gasteiger partial charge on any atom is 0.193 e. The molecule has 2 heterocycles. The molecule has 106 valence electrons. The van der Waals surface area contributed by atoms with Crippen LogP contribution in [0.4, 0.5) is 11.4 Å². The first-order valence-corrected chi connectivity index (χ1v) is 7.98. The van der Waals surface area contributed by atoms with E-state index < -0.39 is 9.84 Å². The van der Waals surface area contributed by atoms with E-state index in [1.165, 1.54) is 12.2 Å². The molecule has 2 aromatic rings. The lowest BCUT2D eigenvalue weighted by Gasteiger charge is -2.20. The predicted octanol–water partition coefficient (Wildman–Crippen LogP) is 3.98. The smallest absolute Gasteiger partial charge is 0.193 e. The van der Waals surface area contributed by atoms with Crippen LogP contribution in [-0.2, 0) is 9.84 Å². The third-order valence-electron chi connectivity index (χ3n) is 2.91. The number of sulfone groups is 1. The summed E-state index contributed by atoms with van der Waals surface area (Å²) in [6, 6.07) is 15.8. The largest absolute Gasteiger partial charge is 0.453 e. The summed E-state index contributed by atoms with van der Waals surface area (Å²) in [6.07, 6.45) is 2.99. The van der Waals surface area contributed by atoms with E-state index in [1.54, 1.807) is 0 Å². The number of hydrogen-bond donors (Lipinski definition) is 1. The van der Waals surface area contributed by atoms with Crippen molar-refractivity contribution in [2.24, 2.45) is 0 Å². The highest BCUT2D eigenvalue weighted by molar-refractivity contribution is 7.97. The summed E-state index contributed by atoms with van der Waals surface area (Å²) in [7, 11) is -2.91. The van der Waals surface area contributed by atoms with E-state index in [9.17, 15) is 8.42 Å². The van der Waals surface area contributed by atoms with Gasteiger partial charge in [-0.1, -0.05) is 24.3 Å². The molecule has 0 unspecified atom stereocenters. The van der Waals surface area contributed by atoms with Crippen LogP contribution in [0.3, 0.4) is 0 Å². The van der Waals surface area contributed by atoms with Crippen LogP contribution in [0.5, 0.6) is 11.5 Å². The fourth-order valence-corrected chi connectivity index (χ4v) is 2.65. The summed E-state index contributed by atoms with van der Waals surface area (Å²) in [5.74, 6) is 1.76. The second-order valence-electron chi connectivity index (χ2n) is 4.47. The summed E-state index contributed by atoms with van der Waals surface area (Å²) in [5, 5.41) is 5.63. The van der Waals surface area contributed by atoms with Gasteiger partial charge in [0.1, 0.15) is 0 Å². The second-order valence-corrected chi connectivity index (χ2v) is 6.19. The Bertz CT molecular complexity index is 717. The second kappa shape index (κ2) is 5.46. The molecule has 21 heavy (non-hydrogen) atoms. The van der Waals surface area contributed by atoms with Crippen LogP contribution in [-0.4, -0.2) is 8.42 Å². The number of para-hydroxylation sites is 4. The number of anilines is 2. The quantitative estimate of drug-likeness (QED) is 0.682. The van der Waals surface area contributed by atoms with E-state index in [-0.39, 0.29) is 0 Å². The molecule has 0 bridgehead atoms. The van der Waals surface area contributed by atoms with Crippen LogP contribution in [0, 0.1) is 0 Å². The molecule has 1 N–H and O–H groups in total. The lowest BCUT2D eigenvalue weighted by atomic mass is 10.2. The summed E-state index contributed by atoms with van der Waals surface area (Å²) < 4.78 is 26.2. The topological polar surface area (TPSA) is 55.4 Å². The van der Waals surface area contributed by atoms with Crippen LogP contribution in [0.2, 0.25) is 0 Å². The van der Waals surface area contributed by atoms with Gasteiger partial charge in [0, 0.05) is 10.8 Å². The molecule has 2 aromatic carbocycles. The molecule has 4 nitrogen and oxygen atoms in total. The van der Waals surface area contributed by atoms with Crippen LogP contribution >= 0.6 is 0 Å². The molecule has 0 radical (unpaired) electrons. The summed E-state index contributed by atoms with van der Waals surface area (Å²) in [6.45, 7) is 0. The molecule has 2 aliphatic heterocycles. The van der Waals surface area contributed by atoms with Gasteiger partial charge in [0.2, 0.25) is 0 Å². The Morgan fingerprint density at radius 2 is 1.24 bits per heavy atom. The number of benzene rings is 2. The van der Waals surface area contributed by atoms with Crippen molar-refractivity contribution in [2.75, 3.05) is 5.32 Å². The highest BCUT2D eigenvalue weighted by atomic mass is 32.2. The van der Waals surface area contributed by atoms with Gasteiger partial charge in [-0.25, -0.2) is 8.42 Å². The van der Waals surface area contributed by atoms with Crippen LogP contribution in [0.25, 0.3) is 0 Å². The van der Waals surface area contributed by atoms with E-state index in [2.05, 4.69) is 5.32 Å². The van der Waals surface area contributed by atoms with Gasteiger partial charge in [-0.2, -0.15) is 0 Å². The Labute approximate surface area is 123 Å². The number of ether oxygens (including phenoxy) is 1. The van der Waals surface area contributed by atoms with Crippen LogP contribution in [0.15, 0.2) is 71.5 Å². The minimum absolute atomic E-state index is 0.881. The first-order chi connectivity index (χ1) is 10.1. The number of nitrogens with one attached hydrogen (secondary N) is 1. The van der Waals surface area contributed by atoms with Crippen LogP contribution < -0.4 is 10.1 Å². The monoisotopic (exact) mass is 299 g/mol. The van der Waals surface area contributed by atoms with Crippen molar-refractivity contribution < 1.29 is 13.2 Å². The van der Waals surface area contributed by atoms with Crippen molar-refractivity contribution >= 4 is 21.2 Å². The highest BCUT2D eigenvalue weighted by Gasteiger charge is 2.13. The number of allylic oxidation sites excluding steroid dienone is 2. The standard InChI is InChI=1S/C12H9NO.C4H4O2S/c1-3-7-11-9(5-1)13-10-6-2-4-8-12(10)14-11;5-7(6)3-1-2-4-7/h1-8,13H;1-4H. The zero-order valence-corrected chi connectivity index (χ0v) is 11.9. The molecule has 4 rings (SSSR count). The lowest BCUT2D eigenvalue weighted by Crippen LogP contribution is -2.01. The first kappa shape index (κ1) is 13.5. The van der Waals surface area contributed by atoms with Crippen molar-refractivity contribution in [1.29, 1.82) is 0 Å². The van der Waals surface area contributed by atoms with Gasteiger partial charge in [0.25, 0.3) is 0 Å². The fourth-order valence-electron chi connectivity index (χ4n) is 1.94. The van der Waals surface area contributed by atoms with Gasteiger partial charge >= 0.3 is 0 Å². The van der Waals surface area contributed by atoms with Crippen LogP contribution in [0.1, 0.15) is 0 Å². The third kappa shape index (κ3) is 3.14. The van der Waals surface area contributed by atoms with Gasteiger partial charge < -0.3 is 10.1 Å². The maximum atomic E-state index is 10.3. The number of hydrogen-bond acceptors (Lipinski definition) is 4. The molecule has 0 amide bonds. The maximum absolute atomic E-state index is 10.3. The fraction of sp³-hybridized carbons (Fsp3) is 0. The molecule has 0 fully saturated rings. The lowest BCUT2D eigenvalue weighted by molar-refractivity contribution is 0.481. The minimum atomic E-state index is -2.91. The van der Waals surface area contributed by atoms with Gasteiger partial charge in [-0.05, 0) is 36.4 Å². The van der Waals surface area contributed by atoms with Gasteiger partial charge in [-0.15, -0.1) is 0 Å². The number of rotatable bonds is 0. The molecule has 0 atom stereocenters. The molecule has 2 aliphatic rings. The Kier molecular flexibility index (Phi) is 3.50. The van der Waals surface area contributed by atoms with E-state index in [0.29, 0.717) is 0 Å².